The Kier molecular flexibility index (Phi) is 4.71. The lowest BCUT2D eigenvalue weighted by Gasteiger charge is -2.28. The molecule has 26 heavy (non-hydrogen) atoms. The molecular formula is C23H28N2O. The van der Waals surface area contributed by atoms with Crippen LogP contribution in [0.25, 0.3) is 0 Å². The lowest BCUT2D eigenvalue weighted by atomic mass is 9.77. The zero-order valence-electron chi connectivity index (χ0n) is 15.6. The molecule has 0 atom stereocenters. The Hall–Kier alpha value is -2.29. The highest BCUT2D eigenvalue weighted by Crippen LogP contribution is 2.42. The Bertz CT molecular complexity index is 752. The van der Waals surface area contributed by atoms with Gasteiger partial charge in [0.15, 0.2) is 0 Å². The maximum atomic E-state index is 13.2. The van der Waals surface area contributed by atoms with Crippen LogP contribution < -0.4 is 10.2 Å². The van der Waals surface area contributed by atoms with Crippen molar-refractivity contribution in [3.8, 4) is 0 Å². The van der Waals surface area contributed by atoms with E-state index in [9.17, 15) is 4.79 Å². The van der Waals surface area contributed by atoms with Crippen LogP contribution in [0.2, 0.25) is 0 Å². The molecule has 0 bridgehead atoms. The Morgan fingerprint density at radius 3 is 2.12 bits per heavy atom. The predicted octanol–water partition coefficient (Wildman–Crippen LogP) is 5.05. The van der Waals surface area contributed by atoms with E-state index in [1.54, 1.807) is 0 Å². The minimum atomic E-state index is -0.374. The van der Waals surface area contributed by atoms with Crippen LogP contribution in [0.3, 0.4) is 0 Å². The zero-order chi connectivity index (χ0) is 18.0. The number of nitrogens with one attached hydrogen (secondary N) is 1. The van der Waals surface area contributed by atoms with E-state index in [2.05, 4.69) is 53.5 Å². The molecule has 0 aromatic heterocycles. The van der Waals surface area contributed by atoms with Crippen LogP contribution in [-0.4, -0.2) is 19.0 Å². The number of aryl methyl sites for hydroxylation is 1. The van der Waals surface area contributed by atoms with E-state index in [1.165, 1.54) is 24.1 Å². The smallest absolute Gasteiger partial charge is 0.235 e. The zero-order valence-corrected chi connectivity index (χ0v) is 15.6. The van der Waals surface area contributed by atoms with Crippen LogP contribution >= 0.6 is 0 Å². The van der Waals surface area contributed by atoms with Gasteiger partial charge in [0.2, 0.25) is 5.91 Å². The summed E-state index contributed by atoms with van der Waals surface area (Å²) in [5.41, 5.74) is 4.18. The Labute approximate surface area is 156 Å². The summed E-state index contributed by atoms with van der Waals surface area (Å²) in [6, 6.07) is 16.9. The Morgan fingerprint density at radius 2 is 1.50 bits per heavy atom. The molecule has 1 N–H and O–H groups in total. The van der Waals surface area contributed by atoms with Gasteiger partial charge in [-0.3, -0.25) is 4.79 Å². The van der Waals surface area contributed by atoms with Gasteiger partial charge in [-0.05, 0) is 62.4 Å². The second-order valence-corrected chi connectivity index (χ2v) is 7.85. The van der Waals surface area contributed by atoms with E-state index < -0.39 is 0 Å². The fourth-order valence-electron chi connectivity index (χ4n) is 4.48. The Balaban J connectivity index is 1.52. The highest BCUT2D eigenvalue weighted by molar-refractivity contribution is 5.99. The molecule has 0 unspecified atom stereocenters. The van der Waals surface area contributed by atoms with E-state index in [1.807, 2.05) is 12.1 Å². The number of amides is 1. The molecule has 4 rings (SSSR count). The highest BCUT2D eigenvalue weighted by atomic mass is 16.2. The van der Waals surface area contributed by atoms with Crippen molar-refractivity contribution in [3.63, 3.8) is 0 Å². The first-order chi connectivity index (χ1) is 12.7. The number of benzene rings is 2. The van der Waals surface area contributed by atoms with E-state index in [0.717, 1.165) is 50.0 Å². The van der Waals surface area contributed by atoms with Crippen LogP contribution in [0.15, 0.2) is 48.5 Å². The minimum absolute atomic E-state index is 0.146. The standard InChI is InChI=1S/C23H28N2O/c1-18-6-8-19(9-7-18)23(14-2-3-15-23)22(26)24-20-10-12-21(13-11-20)25-16-4-5-17-25/h6-13H,2-5,14-17H2,1H3,(H,24,26). The Morgan fingerprint density at radius 1 is 0.885 bits per heavy atom. The highest BCUT2D eigenvalue weighted by Gasteiger charge is 2.42. The summed E-state index contributed by atoms with van der Waals surface area (Å²) in [6.07, 6.45) is 6.67. The van der Waals surface area contributed by atoms with Crippen LogP contribution in [0.1, 0.15) is 49.7 Å². The van der Waals surface area contributed by atoms with Crippen molar-refractivity contribution in [1.82, 2.24) is 0 Å². The van der Waals surface area contributed by atoms with Crippen molar-refractivity contribution in [3.05, 3.63) is 59.7 Å². The second-order valence-electron chi connectivity index (χ2n) is 7.85. The maximum absolute atomic E-state index is 13.2. The first kappa shape index (κ1) is 17.1. The molecule has 2 aromatic carbocycles. The number of nitrogens with zero attached hydrogens (tertiary/aromatic N) is 1. The van der Waals surface area contributed by atoms with Gasteiger partial charge in [0.05, 0.1) is 5.41 Å². The largest absolute Gasteiger partial charge is 0.372 e. The summed E-state index contributed by atoms with van der Waals surface area (Å²) in [5.74, 6) is 0.146. The molecule has 1 saturated heterocycles. The van der Waals surface area contributed by atoms with Gasteiger partial charge < -0.3 is 10.2 Å². The summed E-state index contributed by atoms with van der Waals surface area (Å²) in [7, 11) is 0. The molecular weight excluding hydrogens is 320 g/mol. The third kappa shape index (κ3) is 3.23. The maximum Gasteiger partial charge on any atom is 0.235 e. The number of hydrogen-bond donors (Lipinski definition) is 1. The van der Waals surface area contributed by atoms with Crippen molar-refractivity contribution in [2.75, 3.05) is 23.3 Å². The van der Waals surface area contributed by atoms with Crippen molar-refractivity contribution in [1.29, 1.82) is 0 Å². The summed E-state index contributed by atoms with van der Waals surface area (Å²) in [6.45, 7) is 4.37. The van der Waals surface area contributed by atoms with Crippen molar-refractivity contribution >= 4 is 17.3 Å². The van der Waals surface area contributed by atoms with Crippen LogP contribution in [-0.2, 0) is 10.2 Å². The molecule has 0 radical (unpaired) electrons. The number of hydrogen-bond acceptors (Lipinski definition) is 2. The van der Waals surface area contributed by atoms with Gasteiger partial charge in [0.25, 0.3) is 0 Å². The molecule has 3 heteroatoms. The molecule has 2 aliphatic rings. The first-order valence-corrected chi connectivity index (χ1v) is 9.91. The van der Waals surface area contributed by atoms with E-state index in [4.69, 9.17) is 0 Å². The van der Waals surface area contributed by atoms with E-state index in [0.29, 0.717) is 0 Å². The minimum Gasteiger partial charge on any atom is -0.372 e. The fourth-order valence-corrected chi connectivity index (χ4v) is 4.48. The monoisotopic (exact) mass is 348 g/mol. The van der Waals surface area contributed by atoms with Crippen molar-refractivity contribution in [2.24, 2.45) is 0 Å². The molecule has 2 aromatic rings. The summed E-state index contributed by atoms with van der Waals surface area (Å²) in [4.78, 5) is 15.7. The molecule has 3 nitrogen and oxygen atoms in total. The van der Waals surface area contributed by atoms with Gasteiger partial charge in [0, 0.05) is 24.5 Å². The topological polar surface area (TPSA) is 32.3 Å². The summed E-state index contributed by atoms with van der Waals surface area (Å²) in [5, 5.41) is 3.20. The van der Waals surface area contributed by atoms with Gasteiger partial charge in [0.1, 0.15) is 0 Å². The molecule has 1 saturated carbocycles. The first-order valence-electron chi connectivity index (χ1n) is 9.91. The van der Waals surface area contributed by atoms with Crippen molar-refractivity contribution < 1.29 is 4.79 Å². The van der Waals surface area contributed by atoms with Crippen LogP contribution in [0.4, 0.5) is 11.4 Å². The molecule has 1 amide bonds. The van der Waals surface area contributed by atoms with E-state index in [-0.39, 0.29) is 11.3 Å². The lowest BCUT2D eigenvalue weighted by molar-refractivity contribution is -0.121. The third-order valence-corrected chi connectivity index (χ3v) is 6.09. The number of carbonyl (C=O) groups excluding carboxylic acids is 1. The predicted molar refractivity (Wildman–Crippen MR) is 108 cm³/mol. The third-order valence-electron chi connectivity index (χ3n) is 6.09. The quantitative estimate of drug-likeness (QED) is 0.839. The normalized spacial score (nSPS) is 18.9. The SMILES string of the molecule is Cc1ccc(C2(C(=O)Nc3ccc(N4CCCC4)cc3)CCCC2)cc1. The molecule has 1 aliphatic heterocycles. The average Bonchev–Trinajstić information content (AvgIpc) is 3.36. The molecule has 136 valence electrons. The van der Waals surface area contributed by atoms with Crippen LogP contribution in [0, 0.1) is 6.92 Å². The molecule has 0 spiro atoms. The van der Waals surface area contributed by atoms with E-state index >= 15 is 0 Å². The average molecular weight is 348 g/mol. The summed E-state index contributed by atoms with van der Waals surface area (Å²) >= 11 is 0. The second kappa shape index (κ2) is 7.14. The van der Waals surface area contributed by atoms with Gasteiger partial charge in [-0.15, -0.1) is 0 Å². The van der Waals surface area contributed by atoms with Crippen molar-refractivity contribution in [2.45, 2.75) is 50.9 Å². The molecule has 1 heterocycles. The van der Waals surface area contributed by atoms with Crippen LogP contribution in [0.5, 0.6) is 0 Å². The van der Waals surface area contributed by atoms with Gasteiger partial charge in [-0.25, -0.2) is 0 Å². The molecule has 1 aliphatic carbocycles. The lowest BCUT2D eigenvalue weighted by Crippen LogP contribution is -2.38. The van der Waals surface area contributed by atoms with Gasteiger partial charge in [-0.2, -0.15) is 0 Å². The summed E-state index contributed by atoms with van der Waals surface area (Å²) < 4.78 is 0. The number of anilines is 2. The number of carbonyl (C=O) groups is 1. The molecule has 2 fully saturated rings. The number of rotatable bonds is 4. The van der Waals surface area contributed by atoms with Gasteiger partial charge >= 0.3 is 0 Å². The van der Waals surface area contributed by atoms with Gasteiger partial charge in [-0.1, -0.05) is 42.7 Å². The fraction of sp³-hybridized carbons (Fsp3) is 0.435.